The molecule has 10 rings (SSSR count). The van der Waals surface area contributed by atoms with Crippen LogP contribution < -0.4 is 0 Å². The molecule has 0 aliphatic heterocycles. The molecule has 218 valence electrons. The third-order valence-electron chi connectivity index (χ3n) is 9.25. The fraction of sp³-hybridized carbons (Fsp3) is 0. The average Bonchev–Trinajstić information content (AvgIpc) is 3.53. The first-order chi connectivity index (χ1) is 23.3. The first-order valence-electron chi connectivity index (χ1n) is 15.8. The van der Waals surface area contributed by atoms with Crippen LogP contribution in [-0.4, -0.2) is 15.0 Å². The van der Waals surface area contributed by atoms with Crippen LogP contribution in [0.1, 0.15) is 0 Å². The van der Waals surface area contributed by atoms with Crippen LogP contribution in [0.15, 0.2) is 156 Å². The minimum atomic E-state index is 0.644. The fourth-order valence-electron chi connectivity index (χ4n) is 7.00. The Labute approximate surface area is 269 Å². The summed E-state index contributed by atoms with van der Waals surface area (Å²) in [6, 6.07) is 52.8. The van der Waals surface area contributed by atoms with Gasteiger partial charge < -0.3 is 4.42 Å². The number of aromatic nitrogens is 3. The van der Waals surface area contributed by atoms with Crippen LogP contribution in [0.25, 0.3) is 99.2 Å². The second kappa shape index (κ2) is 10.1. The summed E-state index contributed by atoms with van der Waals surface area (Å²) >= 11 is 0. The number of para-hydroxylation sites is 1. The molecule has 0 amide bonds. The van der Waals surface area contributed by atoms with Crippen LogP contribution in [0.4, 0.5) is 0 Å². The van der Waals surface area contributed by atoms with Gasteiger partial charge in [0.25, 0.3) is 0 Å². The Morgan fingerprint density at radius 2 is 0.894 bits per heavy atom. The van der Waals surface area contributed by atoms with Crippen molar-refractivity contribution in [2.24, 2.45) is 0 Å². The molecule has 0 N–H and O–H groups in total. The molecule has 8 aromatic carbocycles. The van der Waals surface area contributed by atoms with Crippen LogP contribution in [0.5, 0.6) is 0 Å². The van der Waals surface area contributed by atoms with E-state index in [1.54, 1.807) is 0 Å². The lowest BCUT2D eigenvalue weighted by atomic mass is 9.93. The van der Waals surface area contributed by atoms with Crippen LogP contribution in [0.2, 0.25) is 0 Å². The number of fused-ring (bicyclic) bond motifs is 10. The molecule has 0 aliphatic rings. The number of hydrogen-bond acceptors (Lipinski definition) is 4. The molecule has 0 saturated heterocycles. The maximum Gasteiger partial charge on any atom is 0.164 e. The number of furan rings is 1. The van der Waals surface area contributed by atoms with Gasteiger partial charge in [-0.2, -0.15) is 0 Å². The van der Waals surface area contributed by atoms with Crippen molar-refractivity contribution < 1.29 is 4.42 Å². The van der Waals surface area contributed by atoms with Gasteiger partial charge in [-0.25, -0.2) is 15.0 Å². The first kappa shape index (κ1) is 25.9. The third kappa shape index (κ3) is 4.12. The Morgan fingerprint density at radius 1 is 0.319 bits per heavy atom. The zero-order valence-electron chi connectivity index (χ0n) is 25.2. The highest BCUT2D eigenvalue weighted by molar-refractivity contribution is 6.31. The van der Waals surface area contributed by atoms with Gasteiger partial charge in [0.05, 0.1) is 0 Å². The monoisotopic (exact) mass is 599 g/mol. The maximum atomic E-state index is 6.29. The molecular formula is C43H25N3O. The zero-order chi connectivity index (χ0) is 30.9. The molecule has 0 bridgehead atoms. The van der Waals surface area contributed by atoms with Gasteiger partial charge >= 0.3 is 0 Å². The summed E-state index contributed by atoms with van der Waals surface area (Å²) in [5, 5.41) is 11.8. The number of rotatable bonds is 3. The molecule has 47 heavy (non-hydrogen) atoms. The van der Waals surface area contributed by atoms with Gasteiger partial charge in [-0.05, 0) is 62.0 Å². The van der Waals surface area contributed by atoms with Gasteiger partial charge in [-0.1, -0.05) is 127 Å². The van der Waals surface area contributed by atoms with Gasteiger partial charge in [-0.3, -0.25) is 0 Å². The summed E-state index contributed by atoms with van der Waals surface area (Å²) in [4.78, 5) is 15.0. The van der Waals surface area contributed by atoms with Crippen LogP contribution in [0.3, 0.4) is 0 Å². The summed E-state index contributed by atoms with van der Waals surface area (Å²) in [5.74, 6) is 1.95. The SMILES string of the molecule is c1ccc(-c2nc(-c3ccc4ccccc4c3)nc(-c3ccc4c(ccc5ccc6ccc7oc8ccccc8c7c6c54)c3)n2)cc1. The largest absolute Gasteiger partial charge is 0.456 e. The van der Waals surface area contributed by atoms with Gasteiger partial charge in [0, 0.05) is 32.8 Å². The predicted octanol–water partition coefficient (Wildman–Crippen LogP) is 11.4. The normalized spacial score (nSPS) is 11.8. The first-order valence-corrected chi connectivity index (χ1v) is 15.8. The predicted molar refractivity (Wildman–Crippen MR) is 193 cm³/mol. The molecule has 2 heterocycles. The molecule has 0 radical (unpaired) electrons. The number of nitrogens with zero attached hydrogens (tertiary/aromatic N) is 3. The molecule has 0 aliphatic carbocycles. The second-order valence-corrected chi connectivity index (χ2v) is 12.0. The second-order valence-electron chi connectivity index (χ2n) is 12.0. The summed E-state index contributed by atoms with van der Waals surface area (Å²) in [5.41, 5.74) is 4.66. The van der Waals surface area contributed by atoms with E-state index in [4.69, 9.17) is 19.4 Å². The van der Waals surface area contributed by atoms with E-state index in [1.807, 2.05) is 42.5 Å². The van der Waals surface area contributed by atoms with Gasteiger partial charge in [0.1, 0.15) is 11.2 Å². The molecule has 0 atom stereocenters. The zero-order valence-corrected chi connectivity index (χ0v) is 25.2. The average molecular weight is 600 g/mol. The van der Waals surface area contributed by atoms with E-state index in [1.165, 1.54) is 32.3 Å². The van der Waals surface area contributed by atoms with Crippen molar-refractivity contribution in [1.82, 2.24) is 15.0 Å². The van der Waals surface area contributed by atoms with Gasteiger partial charge in [0.2, 0.25) is 0 Å². The molecule has 0 saturated carbocycles. The topological polar surface area (TPSA) is 51.8 Å². The van der Waals surface area contributed by atoms with E-state index >= 15 is 0 Å². The Morgan fingerprint density at radius 3 is 1.70 bits per heavy atom. The molecule has 0 spiro atoms. The standard InChI is InChI=1S/C43H25N3O/c1-2-9-29(10-3-1)41-44-42(32-19-14-26-8-4-5-11-30(26)24-32)46-43(45-41)33-20-22-34-31(25-33)18-17-27-15-16-28-21-23-37-40(39(28)38(27)34)35-12-6-7-13-36(35)47-37/h1-25H. The van der Waals surface area contributed by atoms with Gasteiger partial charge in [-0.15, -0.1) is 0 Å². The van der Waals surface area contributed by atoms with E-state index in [0.29, 0.717) is 17.5 Å². The summed E-state index contributed by atoms with van der Waals surface area (Å²) in [6.07, 6.45) is 0. The molecule has 2 aromatic heterocycles. The number of hydrogen-bond donors (Lipinski definition) is 0. The lowest BCUT2D eigenvalue weighted by Gasteiger charge is -2.12. The van der Waals surface area contributed by atoms with Crippen LogP contribution in [0, 0.1) is 0 Å². The quantitative estimate of drug-likeness (QED) is 0.190. The van der Waals surface area contributed by atoms with E-state index in [-0.39, 0.29) is 0 Å². The molecule has 10 aromatic rings. The smallest absolute Gasteiger partial charge is 0.164 e. The van der Waals surface area contributed by atoms with E-state index in [9.17, 15) is 0 Å². The minimum Gasteiger partial charge on any atom is -0.456 e. The molecular weight excluding hydrogens is 574 g/mol. The van der Waals surface area contributed by atoms with Crippen molar-refractivity contribution >= 4 is 65.0 Å². The minimum absolute atomic E-state index is 0.644. The van der Waals surface area contributed by atoms with Crippen molar-refractivity contribution in [3.8, 4) is 34.2 Å². The van der Waals surface area contributed by atoms with Crippen molar-refractivity contribution in [3.63, 3.8) is 0 Å². The highest BCUT2D eigenvalue weighted by Gasteiger charge is 2.16. The van der Waals surface area contributed by atoms with Gasteiger partial charge in [0.15, 0.2) is 17.5 Å². The van der Waals surface area contributed by atoms with Crippen molar-refractivity contribution in [1.29, 1.82) is 0 Å². The fourth-order valence-corrected chi connectivity index (χ4v) is 7.00. The molecule has 0 unspecified atom stereocenters. The van der Waals surface area contributed by atoms with E-state index < -0.39 is 0 Å². The van der Waals surface area contributed by atoms with Crippen LogP contribution in [-0.2, 0) is 0 Å². The highest BCUT2D eigenvalue weighted by atomic mass is 16.3. The molecule has 4 heteroatoms. The summed E-state index contributed by atoms with van der Waals surface area (Å²) in [7, 11) is 0. The molecule has 4 nitrogen and oxygen atoms in total. The van der Waals surface area contributed by atoms with Crippen molar-refractivity contribution in [2.75, 3.05) is 0 Å². The highest BCUT2D eigenvalue weighted by Crippen LogP contribution is 2.41. The Balaban J connectivity index is 1.21. The number of benzene rings is 8. The summed E-state index contributed by atoms with van der Waals surface area (Å²) in [6.45, 7) is 0. The Bertz CT molecular complexity index is 2850. The van der Waals surface area contributed by atoms with Crippen LogP contribution >= 0.6 is 0 Å². The van der Waals surface area contributed by atoms with Crippen molar-refractivity contribution in [3.05, 3.63) is 152 Å². The lowest BCUT2D eigenvalue weighted by Crippen LogP contribution is -2.00. The van der Waals surface area contributed by atoms with Crippen molar-refractivity contribution in [2.45, 2.75) is 0 Å². The van der Waals surface area contributed by atoms with E-state index in [0.717, 1.165) is 49.4 Å². The maximum absolute atomic E-state index is 6.29. The lowest BCUT2D eigenvalue weighted by molar-refractivity contribution is 0.669. The molecule has 0 fully saturated rings. The third-order valence-corrected chi connectivity index (χ3v) is 9.25. The Hall–Kier alpha value is -6.39. The Kier molecular flexibility index (Phi) is 5.54. The van der Waals surface area contributed by atoms with E-state index in [2.05, 4.69) is 109 Å². The summed E-state index contributed by atoms with van der Waals surface area (Å²) < 4.78 is 6.29.